The average Bonchev–Trinajstić information content (AvgIpc) is 3.06. The molecule has 1 aromatic carbocycles. The maximum absolute atomic E-state index is 11.8. The quantitative estimate of drug-likeness (QED) is 0.684. The Kier molecular flexibility index (Phi) is 6.51. The Bertz CT molecular complexity index is 679. The molecular weight excluding hydrogens is 310 g/mol. The van der Waals surface area contributed by atoms with Crippen LogP contribution in [0.25, 0.3) is 0 Å². The molecule has 0 radical (unpaired) electrons. The van der Waals surface area contributed by atoms with Crippen LogP contribution in [-0.4, -0.2) is 35.6 Å². The smallest absolute Gasteiger partial charge is 0.258 e. The van der Waals surface area contributed by atoms with Gasteiger partial charge in [-0.2, -0.15) is 5.10 Å². The number of H-pyrrole nitrogens is 1. The molecule has 1 heterocycles. The number of aromatic amines is 1. The van der Waals surface area contributed by atoms with E-state index < -0.39 is 0 Å². The summed E-state index contributed by atoms with van der Waals surface area (Å²) in [5.41, 5.74) is 2.21. The van der Waals surface area contributed by atoms with Crippen molar-refractivity contribution in [1.82, 2.24) is 15.5 Å². The summed E-state index contributed by atoms with van der Waals surface area (Å²) < 4.78 is 10.4. The lowest BCUT2D eigenvalue weighted by Crippen LogP contribution is -2.28. The van der Waals surface area contributed by atoms with Crippen LogP contribution < -0.4 is 10.1 Å². The number of Topliss-reactive ketones (excluding diaryl/α,β-unsaturated/α-hetero) is 1. The van der Waals surface area contributed by atoms with Crippen LogP contribution in [0, 0.1) is 0 Å². The summed E-state index contributed by atoms with van der Waals surface area (Å²) >= 11 is 0. The Morgan fingerprint density at radius 1 is 1.25 bits per heavy atom. The molecule has 7 nitrogen and oxygen atoms in total. The minimum atomic E-state index is -0.244. The topological polar surface area (TPSA) is 93.3 Å². The van der Waals surface area contributed by atoms with Crippen LogP contribution in [0.3, 0.4) is 0 Å². The van der Waals surface area contributed by atoms with Crippen molar-refractivity contribution in [3.8, 4) is 5.75 Å². The Morgan fingerprint density at radius 2 is 2.00 bits per heavy atom. The van der Waals surface area contributed by atoms with E-state index in [0.717, 1.165) is 11.4 Å². The Morgan fingerprint density at radius 3 is 2.67 bits per heavy atom. The van der Waals surface area contributed by atoms with Gasteiger partial charge in [0.05, 0.1) is 24.5 Å². The van der Waals surface area contributed by atoms with Crippen molar-refractivity contribution in [3.63, 3.8) is 0 Å². The molecule has 0 bridgehead atoms. The first kappa shape index (κ1) is 17.7. The van der Waals surface area contributed by atoms with Crippen molar-refractivity contribution in [1.29, 1.82) is 0 Å². The standard InChI is InChI=1S/C17H21N3O4/c1-3-16(21)12-4-6-15(7-5-12)24-11-17(22)18-9-13-8-14(10-23-2)20-19-13/h4-8H,3,9-11H2,1-2H3,(H,18,22)(H,19,20). The van der Waals surface area contributed by atoms with Gasteiger partial charge in [-0.15, -0.1) is 0 Å². The maximum Gasteiger partial charge on any atom is 0.258 e. The molecule has 0 aliphatic carbocycles. The first-order chi connectivity index (χ1) is 11.6. The summed E-state index contributed by atoms with van der Waals surface area (Å²) in [4.78, 5) is 23.3. The summed E-state index contributed by atoms with van der Waals surface area (Å²) in [6.07, 6.45) is 0.461. The van der Waals surface area contributed by atoms with Gasteiger partial charge >= 0.3 is 0 Å². The van der Waals surface area contributed by atoms with Gasteiger partial charge in [0.15, 0.2) is 12.4 Å². The first-order valence-corrected chi connectivity index (χ1v) is 7.67. The van der Waals surface area contributed by atoms with E-state index in [4.69, 9.17) is 9.47 Å². The molecular formula is C17H21N3O4. The number of ether oxygens (including phenoxy) is 2. The molecule has 128 valence electrons. The number of hydrogen-bond donors (Lipinski definition) is 2. The summed E-state index contributed by atoms with van der Waals surface area (Å²) in [5.74, 6) is 0.375. The summed E-state index contributed by atoms with van der Waals surface area (Å²) in [7, 11) is 1.60. The number of benzene rings is 1. The Balaban J connectivity index is 1.75. The number of carbonyl (C=O) groups is 2. The molecule has 24 heavy (non-hydrogen) atoms. The molecule has 0 spiro atoms. The zero-order valence-corrected chi connectivity index (χ0v) is 13.8. The predicted octanol–water partition coefficient (Wildman–Crippen LogP) is 1.84. The van der Waals surface area contributed by atoms with E-state index in [1.54, 1.807) is 31.4 Å². The molecule has 7 heteroatoms. The van der Waals surface area contributed by atoms with Crippen LogP contribution in [-0.2, 0) is 22.7 Å². The van der Waals surface area contributed by atoms with Crippen molar-refractivity contribution >= 4 is 11.7 Å². The third-order valence-corrected chi connectivity index (χ3v) is 3.32. The number of rotatable bonds is 9. The molecule has 2 aromatic rings. The average molecular weight is 331 g/mol. The second-order valence-electron chi connectivity index (χ2n) is 5.18. The highest BCUT2D eigenvalue weighted by Crippen LogP contribution is 2.13. The minimum absolute atomic E-state index is 0.0756. The van der Waals surface area contributed by atoms with E-state index in [-0.39, 0.29) is 18.3 Å². The molecule has 0 aliphatic heterocycles. The van der Waals surface area contributed by atoms with E-state index in [2.05, 4.69) is 15.5 Å². The molecule has 1 amide bonds. The first-order valence-electron chi connectivity index (χ1n) is 7.67. The number of carbonyl (C=O) groups excluding carboxylic acids is 2. The number of methoxy groups -OCH3 is 1. The van der Waals surface area contributed by atoms with Gasteiger partial charge in [0.2, 0.25) is 0 Å². The largest absolute Gasteiger partial charge is 0.484 e. The highest BCUT2D eigenvalue weighted by atomic mass is 16.5. The van der Waals surface area contributed by atoms with Crippen molar-refractivity contribution in [3.05, 3.63) is 47.3 Å². The normalized spacial score (nSPS) is 10.4. The maximum atomic E-state index is 11.8. The monoisotopic (exact) mass is 331 g/mol. The van der Waals surface area contributed by atoms with Gasteiger partial charge in [-0.1, -0.05) is 6.92 Å². The lowest BCUT2D eigenvalue weighted by Gasteiger charge is -2.07. The van der Waals surface area contributed by atoms with Crippen LogP contribution in [0.4, 0.5) is 0 Å². The van der Waals surface area contributed by atoms with E-state index in [9.17, 15) is 9.59 Å². The van der Waals surface area contributed by atoms with Gasteiger partial charge in [-0.25, -0.2) is 0 Å². The van der Waals surface area contributed by atoms with Crippen molar-refractivity contribution in [2.45, 2.75) is 26.5 Å². The molecule has 0 atom stereocenters. The van der Waals surface area contributed by atoms with Crippen LogP contribution in [0.1, 0.15) is 35.1 Å². The number of aromatic nitrogens is 2. The number of nitrogens with one attached hydrogen (secondary N) is 2. The van der Waals surface area contributed by atoms with E-state index in [0.29, 0.717) is 30.9 Å². The lowest BCUT2D eigenvalue weighted by molar-refractivity contribution is -0.123. The second kappa shape index (κ2) is 8.83. The molecule has 0 saturated carbocycles. The van der Waals surface area contributed by atoms with Gasteiger partial charge in [0.25, 0.3) is 5.91 Å². The fourth-order valence-corrected chi connectivity index (χ4v) is 2.06. The molecule has 1 aromatic heterocycles. The molecule has 0 fully saturated rings. The SMILES string of the molecule is CCC(=O)c1ccc(OCC(=O)NCc2cc(COC)n[nH]2)cc1. The number of hydrogen-bond acceptors (Lipinski definition) is 5. The highest BCUT2D eigenvalue weighted by molar-refractivity contribution is 5.95. The minimum Gasteiger partial charge on any atom is -0.484 e. The fraction of sp³-hybridized carbons (Fsp3) is 0.353. The molecule has 0 aliphatic rings. The van der Waals surface area contributed by atoms with Crippen molar-refractivity contribution < 1.29 is 19.1 Å². The molecule has 2 N–H and O–H groups in total. The Labute approximate surface area is 140 Å². The van der Waals surface area contributed by atoms with Crippen molar-refractivity contribution in [2.75, 3.05) is 13.7 Å². The zero-order valence-electron chi connectivity index (χ0n) is 13.8. The van der Waals surface area contributed by atoms with E-state index in [1.807, 2.05) is 13.0 Å². The Hall–Kier alpha value is -2.67. The van der Waals surface area contributed by atoms with Gasteiger partial charge in [0.1, 0.15) is 5.75 Å². The predicted molar refractivity (Wildman–Crippen MR) is 87.7 cm³/mol. The lowest BCUT2D eigenvalue weighted by atomic mass is 10.1. The van der Waals surface area contributed by atoms with Gasteiger partial charge in [-0.3, -0.25) is 14.7 Å². The number of amides is 1. The van der Waals surface area contributed by atoms with Crippen LogP contribution in [0.15, 0.2) is 30.3 Å². The zero-order chi connectivity index (χ0) is 17.4. The molecule has 0 unspecified atom stereocenters. The summed E-state index contributed by atoms with van der Waals surface area (Å²) in [5, 5.41) is 9.60. The van der Waals surface area contributed by atoms with Gasteiger partial charge in [-0.05, 0) is 30.3 Å². The summed E-state index contributed by atoms with van der Waals surface area (Å²) in [6.45, 7) is 2.47. The molecule has 2 rings (SSSR count). The van der Waals surface area contributed by atoms with Crippen LogP contribution in [0.2, 0.25) is 0 Å². The van der Waals surface area contributed by atoms with E-state index in [1.165, 1.54) is 0 Å². The van der Waals surface area contributed by atoms with Crippen LogP contribution >= 0.6 is 0 Å². The second-order valence-corrected chi connectivity index (χ2v) is 5.18. The van der Waals surface area contributed by atoms with Crippen molar-refractivity contribution in [2.24, 2.45) is 0 Å². The van der Waals surface area contributed by atoms with Gasteiger partial charge in [0, 0.05) is 19.1 Å². The van der Waals surface area contributed by atoms with Gasteiger partial charge < -0.3 is 14.8 Å². The van der Waals surface area contributed by atoms with Crippen LogP contribution in [0.5, 0.6) is 5.75 Å². The van der Waals surface area contributed by atoms with E-state index >= 15 is 0 Å². The number of ketones is 1. The molecule has 0 saturated heterocycles. The third kappa shape index (κ3) is 5.20. The fourth-order valence-electron chi connectivity index (χ4n) is 2.06. The number of nitrogens with zero attached hydrogens (tertiary/aromatic N) is 1. The highest BCUT2D eigenvalue weighted by Gasteiger charge is 2.06. The summed E-state index contributed by atoms with van der Waals surface area (Å²) in [6, 6.07) is 8.58. The third-order valence-electron chi connectivity index (χ3n) is 3.32.